The highest BCUT2D eigenvalue weighted by molar-refractivity contribution is 5.98. The predicted octanol–water partition coefficient (Wildman–Crippen LogP) is 4.23. The van der Waals surface area contributed by atoms with Crippen molar-refractivity contribution >= 4 is 5.71 Å². The number of ether oxygens (including phenoxy) is 1. The molecule has 0 heterocycles. The molecule has 0 atom stereocenters. The second-order valence-corrected chi connectivity index (χ2v) is 4.47. The highest BCUT2D eigenvalue weighted by Gasteiger charge is 1.99. The van der Waals surface area contributed by atoms with E-state index in [1.165, 1.54) is 25.7 Å². The average Bonchev–Trinajstić information content (AvgIpc) is 2.42. The number of nitrogens with zero attached hydrogens (tertiary/aromatic N) is 1. The zero-order valence-corrected chi connectivity index (χ0v) is 11.4. The molecule has 0 amide bonds. The van der Waals surface area contributed by atoms with E-state index in [1.54, 1.807) is 6.92 Å². The summed E-state index contributed by atoms with van der Waals surface area (Å²) in [5.74, 6) is 0.875. The fourth-order valence-electron chi connectivity index (χ4n) is 1.75. The quantitative estimate of drug-likeness (QED) is 0.324. The maximum absolute atomic E-state index is 8.66. The van der Waals surface area contributed by atoms with Crippen molar-refractivity contribution in [1.29, 1.82) is 0 Å². The van der Waals surface area contributed by atoms with Gasteiger partial charge in [0.1, 0.15) is 5.75 Å². The van der Waals surface area contributed by atoms with E-state index >= 15 is 0 Å². The second-order valence-electron chi connectivity index (χ2n) is 4.47. The molecule has 0 aliphatic carbocycles. The molecule has 0 aliphatic rings. The summed E-state index contributed by atoms with van der Waals surface area (Å²) < 4.78 is 5.65. The van der Waals surface area contributed by atoms with Gasteiger partial charge in [-0.25, -0.2) is 0 Å². The van der Waals surface area contributed by atoms with Crippen LogP contribution in [0.4, 0.5) is 0 Å². The Labute approximate surface area is 109 Å². The smallest absolute Gasteiger partial charge is 0.119 e. The van der Waals surface area contributed by atoms with Gasteiger partial charge in [-0.05, 0) is 43.2 Å². The van der Waals surface area contributed by atoms with E-state index in [1.807, 2.05) is 24.3 Å². The average molecular weight is 249 g/mol. The first-order chi connectivity index (χ1) is 8.77. The monoisotopic (exact) mass is 249 g/mol. The van der Waals surface area contributed by atoms with Gasteiger partial charge in [0.25, 0.3) is 0 Å². The van der Waals surface area contributed by atoms with Crippen LogP contribution in [0, 0.1) is 0 Å². The molecular formula is C15H23NO2. The Hall–Kier alpha value is -1.51. The van der Waals surface area contributed by atoms with E-state index < -0.39 is 0 Å². The summed E-state index contributed by atoms with van der Waals surface area (Å²) in [6, 6.07) is 7.63. The van der Waals surface area contributed by atoms with Crippen LogP contribution in [0.2, 0.25) is 0 Å². The molecule has 1 rings (SSSR count). The molecule has 18 heavy (non-hydrogen) atoms. The minimum Gasteiger partial charge on any atom is -0.494 e. The number of unbranched alkanes of at least 4 members (excludes halogenated alkanes) is 4. The van der Waals surface area contributed by atoms with E-state index in [4.69, 9.17) is 9.94 Å². The Bertz CT molecular complexity index is 357. The van der Waals surface area contributed by atoms with Crippen molar-refractivity contribution in [2.24, 2.45) is 5.16 Å². The Kier molecular flexibility index (Phi) is 6.92. The summed E-state index contributed by atoms with van der Waals surface area (Å²) in [7, 11) is 0. The van der Waals surface area contributed by atoms with Gasteiger partial charge in [0, 0.05) is 0 Å². The van der Waals surface area contributed by atoms with Crippen LogP contribution < -0.4 is 4.74 Å². The maximum atomic E-state index is 8.66. The molecule has 0 aliphatic heterocycles. The fraction of sp³-hybridized carbons (Fsp3) is 0.533. The number of hydrogen-bond acceptors (Lipinski definition) is 3. The second kappa shape index (κ2) is 8.56. The molecule has 0 saturated heterocycles. The van der Waals surface area contributed by atoms with Crippen molar-refractivity contribution in [1.82, 2.24) is 0 Å². The lowest BCUT2D eigenvalue weighted by atomic mass is 10.1. The zero-order chi connectivity index (χ0) is 13.2. The van der Waals surface area contributed by atoms with E-state index in [9.17, 15) is 0 Å². The predicted molar refractivity (Wildman–Crippen MR) is 74.7 cm³/mol. The Morgan fingerprint density at radius 2 is 1.78 bits per heavy atom. The molecule has 1 aromatic rings. The van der Waals surface area contributed by atoms with Crippen LogP contribution in [0.25, 0.3) is 0 Å². The van der Waals surface area contributed by atoms with Gasteiger partial charge in [0.2, 0.25) is 0 Å². The van der Waals surface area contributed by atoms with Crippen molar-refractivity contribution in [2.45, 2.75) is 46.0 Å². The lowest BCUT2D eigenvalue weighted by Gasteiger charge is -2.06. The van der Waals surface area contributed by atoms with Gasteiger partial charge in [0.15, 0.2) is 0 Å². The van der Waals surface area contributed by atoms with Crippen LogP contribution in [0.5, 0.6) is 5.75 Å². The molecule has 0 unspecified atom stereocenters. The minimum absolute atomic E-state index is 0.612. The van der Waals surface area contributed by atoms with Gasteiger partial charge in [0.05, 0.1) is 12.3 Å². The van der Waals surface area contributed by atoms with Gasteiger partial charge in [-0.3, -0.25) is 0 Å². The van der Waals surface area contributed by atoms with Crippen LogP contribution in [0.15, 0.2) is 29.4 Å². The highest BCUT2D eigenvalue weighted by Crippen LogP contribution is 2.13. The van der Waals surface area contributed by atoms with E-state index in [0.29, 0.717) is 5.71 Å². The summed E-state index contributed by atoms with van der Waals surface area (Å²) in [6.07, 6.45) is 6.23. The Balaban J connectivity index is 2.27. The topological polar surface area (TPSA) is 41.8 Å². The number of hydrogen-bond donors (Lipinski definition) is 1. The van der Waals surface area contributed by atoms with Crippen LogP contribution in [-0.4, -0.2) is 17.5 Å². The summed E-state index contributed by atoms with van der Waals surface area (Å²) in [4.78, 5) is 0. The van der Waals surface area contributed by atoms with Gasteiger partial charge < -0.3 is 9.94 Å². The van der Waals surface area contributed by atoms with Crippen LogP contribution in [0.3, 0.4) is 0 Å². The van der Waals surface area contributed by atoms with Gasteiger partial charge in [-0.15, -0.1) is 0 Å². The van der Waals surface area contributed by atoms with Crippen LogP contribution in [-0.2, 0) is 0 Å². The van der Waals surface area contributed by atoms with Crippen LogP contribution >= 0.6 is 0 Å². The minimum atomic E-state index is 0.612. The number of benzene rings is 1. The fourth-order valence-corrected chi connectivity index (χ4v) is 1.75. The zero-order valence-electron chi connectivity index (χ0n) is 11.4. The Morgan fingerprint density at radius 1 is 1.11 bits per heavy atom. The molecule has 100 valence electrons. The summed E-state index contributed by atoms with van der Waals surface area (Å²) in [5.41, 5.74) is 1.52. The van der Waals surface area contributed by atoms with Crippen molar-refractivity contribution < 1.29 is 9.94 Å². The van der Waals surface area contributed by atoms with E-state index in [2.05, 4.69) is 12.1 Å². The van der Waals surface area contributed by atoms with Crippen molar-refractivity contribution in [3.05, 3.63) is 29.8 Å². The third kappa shape index (κ3) is 5.21. The van der Waals surface area contributed by atoms with E-state index in [0.717, 1.165) is 24.3 Å². The molecule has 1 aromatic carbocycles. The number of rotatable bonds is 8. The van der Waals surface area contributed by atoms with Crippen molar-refractivity contribution in [3.63, 3.8) is 0 Å². The first kappa shape index (κ1) is 14.6. The summed E-state index contributed by atoms with van der Waals surface area (Å²) in [6.45, 7) is 4.76. The molecule has 3 heteroatoms. The lowest BCUT2D eigenvalue weighted by molar-refractivity contribution is 0.304. The normalized spacial score (nSPS) is 11.6. The lowest BCUT2D eigenvalue weighted by Crippen LogP contribution is -1.98. The molecule has 0 radical (unpaired) electrons. The maximum Gasteiger partial charge on any atom is 0.119 e. The highest BCUT2D eigenvalue weighted by atomic mass is 16.5. The number of oxime groups is 1. The molecular weight excluding hydrogens is 226 g/mol. The summed E-state index contributed by atoms with van der Waals surface area (Å²) >= 11 is 0. The molecule has 0 fully saturated rings. The Morgan fingerprint density at radius 3 is 2.39 bits per heavy atom. The van der Waals surface area contributed by atoms with Crippen LogP contribution in [0.1, 0.15) is 51.5 Å². The molecule has 0 aromatic heterocycles. The third-order valence-corrected chi connectivity index (χ3v) is 2.94. The van der Waals surface area contributed by atoms with Crippen molar-refractivity contribution in [3.8, 4) is 5.75 Å². The van der Waals surface area contributed by atoms with E-state index in [-0.39, 0.29) is 0 Å². The molecule has 1 N–H and O–H groups in total. The van der Waals surface area contributed by atoms with Crippen molar-refractivity contribution in [2.75, 3.05) is 6.61 Å². The first-order valence-electron chi connectivity index (χ1n) is 6.69. The first-order valence-corrected chi connectivity index (χ1v) is 6.69. The molecule has 0 saturated carbocycles. The largest absolute Gasteiger partial charge is 0.494 e. The molecule has 0 bridgehead atoms. The van der Waals surface area contributed by atoms with Gasteiger partial charge in [-0.2, -0.15) is 0 Å². The molecule has 3 nitrogen and oxygen atoms in total. The standard InChI is InChI=1S/C15H23NO2/c1-3-4-5-6-7-12-18-15-10-8-14(9-11-15)13(2)16-17/h8-11,17H,3-7,12H2,1-2H3/b16-13+. The van der Waals surface area contributed by atoms with Gasteiger partial charge in [-0.1, -0.05) is 37.8 Å². The third-order valence-electron chi connectivity index (χ3n) is 2.94. The molecule has 0 spiro atoms. The summed E-state index contributed by atoms with van der Waals surface area (Å²) in [5, 5.41) is 11.8. The SMILES string of the molecule is CCCCCCCOc1ccc(/C(C)=N/O)cc1. The van der Waals surface area contributed by atoms with Gasteiger partial charge >= 0.3 is 0 Å².